The maximum atomic E-state index is 8.61. The Bertz CT molecular complexity index is 2210. The minimum Gasteiger partial charge on any atom is -0.0625 e. The van der Waals surface area contributed by atoms with Crippen molar-refractivity contribution in [3.05, 3.63) is 0 Å². The van der Waals surface area contributed by atoms with E-state index in [9.17, 15) is 0 Å². The zero-order chi connectivity index (χ0) is 77.5. The van der Waals surface area contributed by atoms with Crippen LogP contribution in [0.1, 0.15) is 471 Å². The van der Waals surface area contributed by atoms with Gasteiger partial charge >= 0.3 is 0 Å². The Labute approximate surface area is 591 Å². The van der Waals surface area contributed by atoms with Crippen LogP contribution in [0, 0.1) is 123 Å². The van der Waals surface area contributed by atoms with Crippen molar-refractivity contribution in [2.75, 3.05) is 0 Å². The molecule has 0 aliphatic heterocycles. The quantitative estimate of drug-likeness (QED) is 0.227. The molecule has 0 radical (unpaired) electrons. The number of hydrogen-bond donors (Lipinski definition) is 0. The molecule has 0 saturated heterocycles. The molecule has 10 fully saturated rings. The summed E-state index contributed by atoms with van der Waals surface area (Å²) in [5.41, 5.74) is 4.70. The fourth-order valence-electron chi connectivity index (χ4n) is 19.9. The first kappa shape index (κ1) is 73.7. The Balaban J connectivity index is 0.000000381. The molecule has 91 heavy (non-hydrogen) atoms. The van der Waals surface area contributed by atoms with Gasteiger partial charge in [0.2, 0.25) is 0 Å². The van der Waals surface area contributed by atoms with Crippen molar-refractivity contribution in [1.29, 1.82) is 0 Å². The summed E-state index contributed by atoms with van der Waals surface area (Å²) in [6.45, 7) is 73.9. The Morgan fingerprint density at radius 2 is 0.571 bits per heavy atom. The maximum absolute atomic E-state index is 8.61. The lowest BCUT2D eigenvalue weighted by Gasteiger charge is -2.54. The van der Waals surface area contributed by atoms with Gasteiger partial charge in [-0.1, -0.05) is 338 Å². The highest BCUT2D eigenvalue weighted by molar-refractivity contribution is 4.98. The summed E-state index contributed by atoms with van der Waals surface area (Å²) in [6.07, 6.45) is 45.0. The Kier molecular flexibility index (Phi) is 29.0. The van der Waals surface area contributed by atoms with E-state index in [-0.39, 0.29) is 68.8 Å². The van der Waals surface area contributed by atoms with Gasteiger partial charge in [-0.3, -0.25) is 0 Å². The van der Waals surface area contributed by atoms with Crippen LogP contribution in [0.15, 0.2) is 0 Å². The first-order valence-electron chi connectivity index (χ1n) is 43.7. The largest absolute Gasteiger partial charge is 0.0625 e. The van der Waals surface area contributed by atoms with Gasteiger partial charge in [-0.15, -0.1) is 0 Å². The zero-order valence-electron chi connectivity index (χ0n) is 77.5. The summed E-state index contributed by atoms with van der Waals surface area (Å²) in [4.78, 5) is 0. The highest BCUT2D eigenvalue weighted by Gasteiger charge is 2.48. The zero-order valence-corrected chi connectivity index (χ0v) is 69.5. The van der Waals surface area contributed by atoms with Gasteiger partial charge in [-0.2, -0.15) is 0 Å². The van der Waals surface area contributed by atoms with Crippen molar-refractivity contribution >= 4 is 0 Å². The van der Waals surface area contributed by atoms with Gasteiger partial charge in [0.15, 0.2) is 0 Å². The summed E-state index contributed by atoms with van der Waals surface area (Å²) >= 11 is 0. The maximum Gasteiger partial charge on any atom is 0.0311 e. The van der Waals surface area contributed by atoms with E-state index in [0.29, 0.717) is 48.7 Å². The molecule has 0 N–H and O–H groups in total. The van der Waals surface area contributed by atoms with Gasteiger partial charge in [0.1, 0.15) is 0 Å². The molecule has 0 atom stereocenters. The van der Waals surface area contributed by atoms with E-state index < -0.39 is 0 Å². The monoisotopic (exact) mass is 1280 g/mol. The Morgan fingerprint density at radius 1 is 0.253 bits per heavy atom. The highest BCUT2D eigenvalue weighted by atomic mass is 14.5. The summed E-state index contributed by atoms with van der Waals surface area (Å²) < 4.78 is 64.6. The van der Waals surface area contributed by atoms with Crippen LogP contribution in [-0.2, 0) is 0 Å². The smallest absolute Gasteiger partial charge is 0.0311 e. The molecule has 0 unspecified atom stereocenters. The molecule has 10 aliphatic rings. The molecule has 10 saturated carbocycles. The summed E-state index contributed by atoms with van der Waals surface area (Å²) in [6, 6.07) is 0. The molecule has 0 heterocycles. The minimum atomic E-state index is -0.324. The van der Waals surface area contributed by atoms with Crippen molar-refractivity contribution in [2.24, 2.45) is 123 Å². The Hall–Kier alpha value is 0. The van der Waals surface area contributed by atoms with Crippen LogP contribution in [0.4, 0.5) is 0 Å². The minimum absolute atomic E-state index is 0.0712. The van der Waals surface area contributed by atoms with Crippen LogP contribution in [0.2, 0.25) is 0 Å². The second-order valence-electron chi connectivity index (χ2n) is 43.2. The molecule has 0 aromatic carbocycles. The van der Waals surface area contributed by atoms with Crippen molar-refractivity contribution in [1.82, 2.24) is 0 Å². The second-order valence-corrected chi connectivity index (χ2v) is 43.2. The lowest BCUT2D eigenvalue weighted by atomic mass is 9.51. The SMILES string of the molecule is CC1(C)CCCC1.[2H]C1(C)C(C)(C)CC(C)(C)CC1(C)C.[2H]C1(C)C(C)(C)CCCC1(C)C.[2H]C1(C)CC(C)(C)C(C)(C)C1.[2H]C1(C)CC(C)(C)CC(C)(C)C1.[2H]C1(C)CCC(C(C)(C)C)CC1.[2H]C1(C)CCC(C)(C)CC1.[2H]C1(C)CCC2(CCCCC2)CC1.[2H]C1(C)CCCCC1. The van der Waals surface area contributed by atoms with Crippen LogP contribution in [0.5, 0.6) is 0 Å². The fraction of sp³-hybridized carbons (Fsp3) is 1.00. The molecule has 10 aliphatic carbocycles. The summed E-state index contributed by atoms with van der Waals surface area (Å²) in [5.74, 6) is -0.555. The molecular formula is C91H180. The fourth-order valence-corrected chi connectivity index (χ4v) is 19.9. The van der Waals surface area contributed by atoms with Crippen LogP contribution in [0.25, 0.3) is 0 Å². The third-order valence-corrected chi connectivity index (χ3v) is 26.6. The second kappa shape index (κ2) is 35.9. The molecule has 0 aromatic rings. The van der Waals surface area contributed by atoms with Crippen molar-refractivity contribution < 1.29 is 11.0 Å². The third kappa shape index (κ3) is 32.7. The van der Waals surface area contributed by atoms with Gasteiger partial charge in [0, 0.05) is 11.0 Å². The summed E-state index contributed by atoms with van der Waals surface area (Å²) in [5, 5.41) is 0. The van der Waals surface area contributed by atoms with Crippen molar-refractivity contribution in [3.8, 4) is 0 Å². The highest BCUT2D eigenvalue weighted by Crippen LogP contribution is 2.58. The normalized spacial score (nSPS) is 34.8. The average molecular weight is 1280 g/mol. The molecule has 0 amide bonds. The lowest BCUT2D eigenvalue weighted by Crippen LogP contribution is -2.45. The van der Waals surface area contributed by atoms with Gasteiger partial charge in [-0.05, 0) is 245 Å². The first-order valence-corrected chi connectivity index (χ1v) is 39.7. The van der Waals surface area contributed by atoms with Gasteiger partial charge in [-0.25, -0.2) is 0 Å². The topological polar surface area (TPSA) is 0 Å². The van der Waals surface area contributed by atoms with E-state index in [1.807, 2.05) is 6.92 Å². The van der Waals surface area contributed by atoms with Crippen LogP contribution >= 0.6 is 0 Å². The van der Waals surface area contributed by atoms with Crippen LogP contribution in [0.3, 0.4) is 0 Å². The lowest BCUT2D eigenvalue weighted by molar-refractivity contribution is -0.0423. The van der Waals surface area contributed by atoms with E-state index in [1.165, 1.54) is 141 Å². The van der Waals surface area contributed by atoms with Crippen LogP contribution < -0.4 is 0 Å². The van der Waals surface area contributed by atoms with Gasteiger partial charge in [0.25, 0.3) is 0 Å². The van der Waals surface area contributed by atoms with Gasteiger partial charge in [0.05, 0.1) is 0 Å². The predicted molar refractivity (Wildman–Crippen MR) is 416 cm³/mol. The van der Waals surface area contributed by atoms with E-state index in [0.717, 1.165) is 95.8 Å². The van der Waals surface area contributed by atoms with Crippen molar-refractivity contribution in [2.45, 2.75) is 460 Å². The van der Waals surface area contributed by atoms with Crippen molar-refractivity contribution in [3.63, 3.8) is 0 Å². The molecule has 10 rings (SSSR count). The predicted octanol–water partition coefficient (Wildman–Crippen LogP) is 32.1. The standard InChI is InChI=1S/C13H26.C12H22.3C11H22.C10H20.C9H18.2C7H14/c1-10-12(4,5)8-11(2,3)9-13(10,6)7;1-11-5-9-12(10-6-11)7-3-2-4-8-12;1-9-6-10(2,3)8-11(4,5)7-9;1-9-10(2,3)7-6-8-11(9,4)5;1-9-5-7-10(8-6-9)11(2,3)4;1-8-6-9(2,3)10(4,5)7-8;1-8-4-6-9(2,3)7-5-8;1-7(2)5-3-4-6-7;1-7-5-3-2-4-6-7/h10H,8-9H2,1-7H3;11H,2-10H2,1H3;2*9H,6-8H2,1-5H3;9-10H,5-8H2,1-4H3;8H,6-7H2,1-5H3;8H,4-7H2,1-3H3;3-6H2,1-2H3;7H,2-6H2,1H3/i10D;11D;3*9D;2*8D;;7D. The summed E-state index contributed by atoms with van der Waals surface area (Å²) in [7, 11) is 0. The molecular weight excluding hydrogens is 1090 g/mol. The molecule has 0 aromatic heterocycles. The third-order valence-electron chi connectivity index (χ3n) is 26.6. The van der Waals surface area contributed by atoms with E-state index in [4.69, 9.17) is 11.0 Å². The number of rotatable bonds is 0. The molecule has 1 spiro atoms. The average Bonchev–Trinajstić information content (AvgIpc) is 1.62. The molecule has 0 nitrogen and oxygen atoms in total. The van der Waals surface area contributed by atoms with E-state index in [2.05, 4.69) is 222 Å². The van der Waals surface area contributed by atoms with Crippen LogP contribution in [-0.4, -0.2) is 0 Å². The first-order chi connectivity index (χ1) is 43.7. The molecule has 544 valence electrons. The Morgan fingerprint density at radius 3 is 0.868 bits per heavy atom. The molecule has 0 heteroatoms. The van der Waals surface area contributed by atoms with E-state index >= 15 is 0 Å². The molecule has 0 bridgehead atoms. The van der Waals surface area contributed by atoms with E-state index in [1.54, 1.807) is 0 Å². The number of hydrogen-bond acceptors (Lipinski definition) is 0. The van der Waals surface area contributed by atoms with Gasteiger partial charge < -0.3 is 0 Å².